The van der Waals surface area contributed by atoms with Crippen molar-refractivity contribution in [2.24, 2.45) is 0 Å². The van der Waals surface area contributed by atoms with Gasteiger partial charge in [0.05, 0.1) is 0 Å². The molecular formula is C16H24O2. The Balaban J connectivity index is 2.59. The maximum absolute atomic E-state index is 10.5. The Bertz CT molecular complexity index is 385. The lowest BCUT2D eigenvalue weighted by atomic mass is 9.85. The molecule has 0 aliphatic heterocycles. The van der Waals surface area contributed by atoms with E-state index in [0.29, 0.717) is 5.92 Å². The van der Waals surface area contributed by atoms with Crippen LogP contribution < -0.4 is 0 Å². The third-order valence-corrected chi connectivity index (χ3v) is 3.37. The fourth-order valence-electron chi connectivity index (χ4n) is 2.04. The molecule has 1 unspecified atom stereocenters. The minimum atomic E-state index is -0.703. The monoisotopic (exact) mass is 248 g/mol. The van der Waals surface area contributed by atoms with Crippen LogP contribution in [0.5, 0.6) is 0 Å². The second kappa shape index (κ2) is 6.03. The highest BCUT2D eigenvalue weighted by Gasteiger charge is 2.14. The maximum Gasteiger partial charge on any atom is 0.303 e. The van der Waals surface area contributed by atoms with Gasteiger partial charge in [0.1, 0.15) is 0 Å². The van der Waals surface area contributed by atoms with Crippen LogP contribution in [0.4, 0.5) is 0 Å². The molecule has 1 N–H and O–H groups in total. The molecule has 1 rings (SSSR count). The molecule has 0 radical (unpaired) electrons. The third-order valence-electron chi connectivity index (χ3n) is 3.37. The summed E-state index contributed by atoms with van der Waals surface area (Å²) in [5.74, 6) is -0.274. The summed E-state index contributed by atoms with van der Waals surface area (Å²) in [5.41, 5.74) is 2.82. The van der Waals surface area contributed by atoms with Crippen LogP contribution in [0.25, 0.3) is 0 Å². The zero-order valence-corrected chi connectivity index (χ0v) is 11.9. The predicted molar refractivity (Wildman–Crippen MR) is 75.0 cm³/mol. The standard InChI is InChI=1S/C16H24O2/c1-12(6-5-7-15(17)18)13-8-10-14(11-9-13)16(2,3)4/h8-12H,5-7H2,1-4H3,(H,17,18). The molecule has 1 atom stereocenters. The van der Waals surface area contributed by atoms with Gasteiger partial charge < -0.3 is 5.11 Å². The highest BCUT2D eigenvalue weighted by Crippen LogP contribution is 2.26. The summed E-state index contributed by atoms with van der Waals surface area (Å²) in [5, 5.41) is 8.62. The second-order valence-corrected chi connectivity index (χ2v) is 6.06. The number of carboxylic acid groups (broad SMARTS) is 1. The summed E-state index contributed by atoms with van der Waals surface area (Å²) < 4.78 is 0. The molecule has 18 heavy (non-hydrogen) atoms. The van der Waals surface area contributed by atoms with E-state index in [1.54, 1.807) is 0 Å². The summed E-state index contributed by atoms with van der Waals surface area (Å²) in [6.07, 6.45) is 1.95. The van der Waals surface area contributed by atoms with E-state index in [9.17, 15) is 4.79 Å². The van der Waals surface area contributed by atoms with Crippen molar-refractivity contribution in [2.45, 2.75) is 58.3 Å². The Kier molecular flexibility index (Phi) is 4.94. The van der Waals surface area contributed by atoms with Crippen LogP contribution in [0, 0.1) is 0 Å². The fraction of sp³-hybridized carbons (Fsp3) is 0.562. The van der Waals surface area contributed by atoms with Crippen LogP contribution in [-0.2, 0) is 10.2 Å². The number of carbonyl (C=O) groups is 1. The lowest BCUT2D eigenvalue weighted by Crippen LogP contribution is -2.10. The van der Waals surface area contributed by atoms with Gasteiger partial charge in [0.2, 0.25) is 0 Å². The number of hydrogen-bond donors (Lipinski definition) is 1. The first-order valence-electron chi connectivity index (χ1n) is 6.63. The summed E-state index contributed by atoms with van der Waals surface area (Å²) in [7, 11) is 0. The van der Waals surface area contributed by atoms with E-state index in [4.69, 9.17) is 5.11 Å². The van der Waals surface area contributed by atoms with Crippen molar-refractivity contribution in [3.63, 3.8) is 0 Å². The van der Waals surface area contributed by atoms with Crippen LogP contribution in [-0.4, -0.2) is 11.1 Å². The van der Waals surface area contributed by atoms with Crippen molar-refractivity contribution >= 4 is 5.97 Å². The quantitative estimate of drug-likeness (QED) is 0.841. The van der Waals surface area contributed by atoms with E-state index >= 15 is 0 Å². The highest BCUT2D eigenvalue weighted by molar-refractivity contribution is 5.66. The van der Waals surface area contributed by atoms with E-state index < -0.39 is 5.97 Å². The van der Waals surface area contributed by atoms with E-state index in [1.807, 2.05) is 0 Å². The number of hydrogen-bond acceptors (Lipinski definition) is 1. The molecule has 0 amide bonds. The van der Waals surface area contributed by atoms with E-state index in [0.717, 1.165) is 12.8 Å². The van der Waals surface area contributed by atoms with Crippen LogP contribution in [0.15, 0.2) is 24.3 Å². The molecule has 2 nitrogen and oxygen atoms in total. The Labute approximate surface area is 110 Å². The molecule has 0 saturated heterocycles. The number of carboxylic acids is 1. The second-order valence-electron chi connectivity index (χ2n) is 6.06. The molecule has 0 aliphatic carbocycles. The van der Waals surface area contributed by atoms with Crippen LogP contribution in [0.1, 0.15) is 64.0 Å². The molecule has 0 aromatic heterocycles. The SMILES string of the molecule is CC(CCCC(=O)O)c1ccc(C(C)(C)C)cc1. The molecule has 0 heterocycles. The molecule has 0 bridgehead atoms. The first kappa shape index (κ1) is 14.7. The predicted octanol–water partition coefficient (Wildman–Crippen LogP) is 4.34. The largest absolute Gasteiger partial charge is 0.481 e. The van der Waals surface area contributed by atoms with Gasteiger partial charge in [-0.25, -0.2) is 0 Å². The molecule has 2 heteroatoms. The minimum Gasteiger partial charge on any atom is -0.481 e. The summed E-state index contributed by atoms with van der Waals surface area (Å²) >= 11 is 0. The third kappa shape index (κ3) is 4.52. The van der Waals surface area contributed by atoms with E-state index in [-0.39, 0.29) is 11.8 Å². The van der Waals surface area contributed by atoms with Gasteiger partial charge >= 0.3 is 5.97 Å². The maximum atomic E-state index is 10.5. The zero-order valence-electron chi connectivity index (χ0n) is 11.9. The van der Waals surface area contributed by atoms with Gasteiger partial charge in [0.25, 0.3) is 0 Å². The van der Waals surface area contributed by atoms with Gasteiger partial charge in [0, 0.05) is 6.42 Å². The van der Waals surface area contributed by atoms with Gasteiger partial charge in [-0.15, -0.1) is 0 Å². The molecular weight excluding hydrogens is 224 g/mol. The average molecular weight is 248 g/mol. The Morgan fingerprint density at radius 2 is 1.78 bits per heavy atom. The minimum absolute atomic E-state index is 0.186. The molecule has 0 spiro atoms. The van der Waals surface area contributed by atoms with Crippen LogP contribution in [0.2, 0.25) is 0 Å². The topological polar surface area (TPSA) is 37.3 Å². The van der Waals surface area contributed by atoms with Crippen molar-refractivity contribution in [3.05, 3.63) is 35.4 Å². The number of rotatable bonds is 5. The first-order chi connectivity index (χ1) is 8.30. The molecule has 0 fully saturated rings. The van der Waals surface area contributed by atoms with Crippen molar-refractivity contribution < 1.29 is 9.90 Å². The Hall–Kier alpha value is -1.31. The van der Waals surface area contributed by atoms with Crippen LogP contribution >= 0.6 is 0 Å². The first-order valence-corrected chi connectivity index (χ1v) is 6.63. The molecule has 1 aromatic rings. The average Bonchev–Trinajstić information content (AvgIpc) is 2.27. The normalized spacial score (nSPS) is 13.3. The lowest BCUT2D eigenvalue weighted by Gasteiger charge is -2.20. The lowest BCUT2D eigenvalue weighted by molar-refractivity contribution is -0.137. The van der Waals surface area contributed by atoms with E-state index in [1.165, 1.54) is 11.1 Å². The van der Waals surface area contributed by atoms with Crippen molar-refractivity contribution in [1.29, 1.82) is 0 Å². The Morgan fingerprint density at radius 3 is 2.22 bits per heavy atom. The molecule has 100 valence electrons. The molecule has 1 aromatic carbocycles. The fourth-order valence-corrected chi connectivity index (χ4v) is 2.04. The van der Waals surface area contributed by atoms with E-state index in [2.05, 4.69) is 52.0 Å². The van der Waals surface area contributed by atoms with Crippen molar-refractivity contribution in [2.75, 3.05) is 0 Å². The number of benzene rings is 1. The van der Waals surface area contributed by atoms with Gasteiger partial charge in [-0.3, -0.25) is 4.79 Å². The zero-order chi connectivity index (χ0) is 13.8. The summed E-state index contributed by atoms with van der Waals surface area (Å²) in [6, 6.07) is 8.71. The van der Waals surface area contributed by atoms with Gasteiger partial charge in [-0.2, -0.15) is 0 Å². The smallest absolute Gasteiger partial charge is 0.303 e. The summed E-state index contributed by atoms with van der Waals surface area (Å²) in [4.78, 5) is 10.5. The highest BCUT2D eigenvalue weighted by atomic mass is 16.4. The number of aliphatic carboxylic acids is 1. The Morgan fingerprint density at radius 1 is 1.22 bits per heavy atom. The van der Waals surface area contributed by atoms with Gasteiger partial charge in [-0.05, 0) is 35.3 Å². The van der Waals surface area contributed by atoms with Crippen LogP contribution in [0.3, 0.4) is 0 Å². The summed E-state index contributed by atoms with van der Waals surface area (Å²) in [6.45, 7) is 8.78. The molecule has 0 aliphatic rings. The van der Waals surface area contributed by atoms with Crippen molar-refractivity contribution in [1.82, 2.24) is 0 Å². The van der Waals surface area contributed by atoms with Gasteiger partial charge in [0.15, 0.2) is 0 Å². The van der Waals surface area contributed by atoms with Gasteiger partial charge in [-0.1, -0.05) is 52.0 Å². The molecule has 0 saturated carbocycles. The van der Waals surface area contributed by atoms with Crippen molar-refractivity contribution in [3.8, 4) is 0 Å².